The molecule has 27 heavy (non-hydrogen) atoms. The Morgan fingerprint density at radius 2 is 1.59 bits per heavy atom. The molecule has 4 aliphatic rings. The third-order valence-electron chi connectivity index (χ3n) is 6.10. The van der Waals surface area contributed by atoms with Crippen molar-refractivity contribution >= 4 is 23.3 Å². The molecule has 0 spiro atoms. The van der Waals surface area contributed by atoms with Crippen molar-refractivity contribution < 1.29 is 19.1 Å². The number of carbonyl (C=O) groups is 3. The Bertz CT molecular complexity index is 965. The number of nitrogens with zero attached hydrogens (tertiary/aromatic N) is 1. The second kappa shape index (κ2) is 5.78. The maximum absolute atomic E-state index is 13.2. The van der Waals surface area contributed by atoms with Crippen LogP contribution in [0.5, 0.6) is 5.75 Å². The fraction of sp³-hybridized carbons (Fsp3) is 0.318. The topological polar surface area (TPSA) is 63.7 Å². The first kappa shape index (κ1) is 16.2. The molecule has 1 aliphatic heterocycles. The van der Waals surface area contributed by atoms with E-state index >= 15 is 0 Å². The van der Waals surface area contributed by atoms with Gasteiger partial charge in [0.2, 0.25) is 11.8 Å². The molecule has 6 rings (SSSR count). The second-order valence-electron chi connectivity index (χ2n) is 7.37. The van der Waals surface area contributed by atoms with E-state index < -0.39 is 17.8 Å². The number of rotatable bonds is 3. The monoisotopic (exact) mass is 361 g/mol. The van der Waals surface area contributed by atoms with Gasteiger partial charge in [-0.1, -0.05) is 24.3 Å². The van der Waals surface area contributed by atoms with Crippen molar-refractivity contribution in [2.75, 3.05) is 11.5 Å². The number of imide groups is 1. The fourth-order valence-corrected chi connectivity index (χ4v) is 5.07. The fourth-order valence-electron chi connectivity index (χ4n) is 5.07. The van der Waals surface area contributed by atoms with E-state index in [1.54, 1.807) is 24.3 Å². The molecule has 2 aromatic carbocycles. The Labute approximate surface area is 156 Å². The van der Waals surface area contributed by atoms with Crippen molar-refractivity contribution in [1.29, 1.82) is 0 Å². The lowest BCUT2D eigenvalue weighted by Gasteiger charge is -2.43. The Morgan fingerprint density at radius 3 is 2.30 bits per heavy atom. The highest BCUT2D eigenvalue weighted by molar-refractivity contribution is 6.24. The number of anilines is 1. The molecule has 2 bridgehead atoms. The van der Waals surface area contributed by atoms with Gasteiger partial charge in [-0.15, -0.1) is 0 Å². The van der Waals surface area contributed by atoms with Crippen LogP contribution >= 0.6 is 0 Å². The van der Waals surface area contributed by atoms with Gasteiger partial charge in [-0.05, 0) is 42.3 Å². The molecular weight excluding hydrogens is 342 g/mol. The molecule has 2 fully saturated rings. The molecule has 136 valence electrons. The minimum atomic E-state index is -0.579. The Kier molecular flexibility index (Phi) is 3.47. The molecule has 2 amide bonds. The molecule has 1 heterocycles. The molecule has 0 aromatic heterocycles. The van der Waals surface area contributed by atoms with E-state index in [2.05, 4.69) is 0 Å². The summed E-state index contributed by atoms with van der Waals surface area (Å²) in [5.41, 5.74) is 2.52. The molecule has 1 saturated carbocycles. The van der Waals surface area contributed by atoms with Crippen LogP contribution < -0.4 is 9.64 Å². The minimum Gasteiger partial charge on any atom is -0.494 e. The summed E-state index contributed by atoms with van der Waals surface area (Å²) in [6, 6.07) is 14.7. The number of hydrogen-bond acceptors (Lipinski definition) is 4. The highest BCUT2D eigenvalue weighted by atomic mass is 16.5. The van der Waals surface area contributed by atoms with Crippen molar-refractivity contribution in [3.8, 4) is 5.75 Å². The Balaban J connectivity index is 1.57. The zero-order chi connectivity index (χ0) is 18.7. The molecule has 2 aromatic rings. The number of benzene rings is 2. The van der Waals surface area contributed by atoms with E-state index in [-0.39, 0.29) is 23.5 Å². The van der Waals surface area contributed by atoms with Gasteiger partial charge in [-0.25, -0.2) is 0 Å². The summed E-state index contributed by atoms with van der Waals surface area (Å²) in [5.74, 6) is -1.40. The minimum absolute atomic E-state index is 0.0784. The second-order valence-corrected chi connectivity index (χ2v) is 7.37. The Morgan fingerprint density at radius 1 is 0.926 bits per heavy atom. The van der Waals surface area contributed by atoms with Gasteiger partial charge >= 0.3 is 0 Å². The lowest BCUT2D eigenvalue weighted by atomic mass is 9.56. The van der Waals surface area contributed by atoms with Gasteiger partial charge in [0.25, 0.3) is 0 Å². The normalized spacial score (nSPS) is 28.3. The summed E-state index contributed by atoms with van der Waals surface area (Å²) in [6.07, 6.45) is 0.346. The van der Waals surface area contributed by atoms with Crippen LogP contribution in [0, 0.1) is 11.8 Å². The maximum Gasteiger partial charge on any atom is 0.238 e. The average molecular weight is 361 g/mol. The van der Waals surface area contributed by atoms with Gasteiger partial charge in [-0.2, -0.15) is 0 Å². The molecule has 5 nitrogen and oxygen atoms in total. The molecular formula is C22H19NO4. The van der Waals surface area contributed by atoms with E-state index in [9.17, 15) is 14.4 Å². The maximum atomic E-state index is 13.2. The van der Waals surface area contributed by atoms with Crippen LogP contribution in [0.25, 0.3) is 0 Å². The number of hydrogen-bond donors (Lipinski definition) is 0. The molecule has 5 heteroatoms. The molecule has 3 aliphatic carbocycles. The van der Waals surface area contributed by atoms with Crippen LogP contribution in [0.4, 0.5) is 5.69 Å². The van der Waals surface area contributed by atoms with Crippen molar-refractivity contribution in [3.63, 3.8) is 0 Å². The SMILES string of the molecule is CCOc1ccc(N2C(=O)[C@H]3[C@H](C2=O)[C@H]2C(=O)C[C@H]3c3ccccc32)cc1. The number of fused-ring (bicyclic) bond motifs is 1. The third kappa shape index (κ3) is 2.14. The summed E-state index contributed by atoms with van der Waals surface area (Å²) in [4.78, 5) is 40.4. The first-order valence-corrected chi connectivity index (χ1v) is 9.34. The number of ether oxygens (including phenoxy) is 1. The molecule has 0 radical (unpaired) electrons. The zero-order valence-corrected chi connectivity index (χ0v) is 14.9. The highest BCUT2D eigenvalue weighted by Gasteiger charge is 2.62. The summed E-state index contributed by atoms with van der Waals surface area (Å²) in [5, 5.41) is 0. The van der Waals surface area contributed by atoms with Crippen LogP contribution in [0.2, 0.25) is 0 Å². The predicted molar refractivity (Wildman–Crippen MR) is 98.6 cm³/mol. The van der Waals surface area contributed by atoms with Crippen molar-refractivity contribution in [1.82, 2.24) is 0 Å². The van der Waals surface area contributed by atoms with Crippen LogP contribution in [-0.2, 0) is 14.4 Å². The number of carbonyl (C=O) groups excluding carboxylic acids is 3. The highest BCUT2D eigenvalue weighted by Crippen LogP contribution is 2.57. The number of amides is 2. The first-order chi connectivity index (χ1) is 13.1. The lowest BCUT2D eigenvalue weighted by molar-refractivity contribution is -0.134. The average Bonchev–Trinajstić information content (AvgIpc) is 2.95. The van der Waals surface area contributed by atoms with Crippen LogP contribution in [-0.4, -0.2) is 24.2 Å². The molecule has 0 unspecified atom stereocenters. The van der Waals surface area contributed by atoms with Crippen molar-refractivity contribution in [2.24, 2.45) is 11.8 Å². The van der Waals surface area contributed by atoms with Crippen molar-refractivity contribution in [3.05, 3.63) is 59.7 Å². The molecule has 0 N–H and O–H groups in total. The largest absolute Gasteiger partial charge is 0.494 e. The van der Waals surface area contributed by atoms with Gasteiger partial charge in [-0.3, -0.25) is 19.3 Å². The lowest BCUT2D eigenvalue weighted by Crippen LogP contribution is -2.44. The third-order valence-corrected chi connectivity index (χ3v) is 6.10. The quantitative estimate of drug-likeness (QED) is 0.789. The van der Waals surface area contributed by atoms with E-state index in [1.165, 1.54) is 4.90 Å². The Hall–Kier alpha value is -2.95. The van der Waals surface area contributed by atoms with Gasteiger partial charge in [0.05, 0.1) is 30.0 Å². The van der Waals surface area contributed by atoms with Crippen LogP contribution in [0.1, 0.15) is 36.3 Å². The molecule has 4 atom stereocenters. The van der Waals surface area contributed by atoms with E-state index in [1.807, 2.05) is 31.2 Å². The summed E-state index contributed by atoms with van der Waals surface area (Å²) >= 11 is 0. The standard InChI is InChI=1S/C22H19NO4/c1-2-27-13-9-7-12(8-10-13)23-21(25)19-16-11-17(24)18(20(19)22(23)26)15-6-4-3-5-14(15)16/h3-10,16,18-20H,2,11H2,1H3/t16-,18+,19+,20+/m0/s1. The smallest absolute Gasteiger partial charge is 0.238 e. The number of ketones is 1. The van der Waals surface area contributed by atoms with E-state index in [0.717, 1.165) is 11.1 Å². The summed E-state index contributed by atoms with van der Waals surface area (Å²) in [6.45, 7) is 2.45. The van der Waals surface area contributed by atoms with Crippen LogP contribution in [0.15, 0.2) is 48.5 Å². The van der Waals surface area contributed by atoms with Crippen molar-refractivity contribution in [2.45, 2.75) is 25.2 Å². The zero-order valence-electron chi connectivity index (χ0n) is 14.9. The van der Waals surface area contributed by atoms with Gasteiger partial charge in [0.1, 0.15) is 11.5 Å². The van der Waals surface area contributed by atoms with E-state index in [4.69, 9.17) is 4.74 Å². The molecule has 1 saturated heterocycles. The van der Waals surface area contributed by atoms with Gasteiger partial charge in [0.15, 0.2) is 0 Å². The summed E-state index contributed by atoms with van der Waals surface area (Å²) < 4.78 is 5.44. The number of Topliss-reactive ketones (excluding diaryl/α,β-unsaturated/α-hetero) is 1. The van der Waals surface area contributed by atoms with Gasteiger partial charge < -0.3 is 4.74 Å². The predicted octanol–water partition coefficient (Wildman–Crippen LogP) is 3.04. The first-order valence-electron chi connectivity index (χ1n) is 9.34. The van der Waals surface area contributed by atoms with E-state index in [0.29, 0.717) is 24.5 Å². The van der Waals surface area contributed by atoms with Crippen LogP contribution in [0.3, 0.4) is 0 Å². The summed E-state index contributed by atoms with van der Waals surface area (Å²) in [7, 11) is 0. The van der Waals surface area contributed by atoms with Gasteiger partial charge in [0, 0.05) is 12.3 Å².